The summed E-state index contributed by atoms with van der Waals surface area (Å²) in [7, 11) is 3.72. The van der Waals surface area contributed by atoms with E-state index < -0.39 is 0 Å². The van der Waals surface area contributed by atoms with Gasteiger partial charge < -0.3 is 9.32 Å². The number of carbonyl (C=O) groups excluding carboxylic acids is 1. The lowest BCUT2D eigenvalue weighted by Crippen LogP contribution is -2.30. The predicted molar refractivity (Wildman–Crippen MR) is 140 cm³/mol. The van der Waals surface area contributed by atoms with E-state index in [0.29, 0.717) is 41.3 Å². The number of aryl methyl sites for hydroxylation is 2. The van der Waals surface area contributed by atoms with Crippen molar-refractivity contribution in [2.75, 3.05) is 13.6 Å². The molecule has 0 bridgehead atoms. The number of unbranched alkanes of at least 4 members (excludes halogenated alkanes) is 2. The van der Waals surface area contributed by atoms with E-state index in [9.17, 15) is 4.79 Å². The molecule has 1 amide bonds. The molecule has 4 heterocycles. The van der Waals surface area contributed by atoms with Gasteiger partial charge >= 0.3 is 0 Å². The summed E-state index contributed by atoms with van der Waals surface area (Å²) in [5.74, 6) is 0.621. The summed E-state index contributed by atoms with van der Waals surface area (Å²) in [6.45, 7) is 2.63. The Kier molecular flexibility index (Phi) is 7.16. The Morgan fingerprint density at radius 1 is 1.14 bits per heavy atom. The molecule has 0 spiro atoms. The molecule has 0 saturated carbocycles. The van der Waals surface area contributed by atoms with Gasteiger partial charge in [-0.05, 0) is 49.9 Å². The van der Waals surface area contributed by atoms with Gasteiger partial charge in [-0.15, -0.1) is 0 Å². The fraction of sp³-hybridized carbons (Fsp3) is 0.393. The predicted octanol–water partition coefficient (Wildman–Crippen LogP) is 4.78. The maximum absolute atomic E-state index is 13.5. The van der Waals surface area contributed by atoms with Gasteiger partial charge in [0.2, 0.25) is 0 Å². The van der Waals surface area contributed by atoms with Crippen molar-refractivity contribution in [3.63, 3.8) is 0 Å². The van der Waals surface area contributed by atoms with Crippen molar-refractivity contribution in [2.24, 2.45) is 7.05 Å². The number of hydrogen-bond donors (Lipinski definition) is 2. The number of hydrogen-bond acceptors (Lipinski definition) is 6. The van der Waals surface area contributed by atoms with Gasteiger partial charge in [-0.25, -0.2) is 4.98 Å². The normalized spacial score (nSPS) is 17.6. The van der Waals surface area contributed by atoms with Gasteiger partial charge in [-0.2, -0.15) is 5.10 Å². The van der Waals surface area contributed by atoms with Crippen LogP contribution in [0.2, 0.25) is 0 Å². The Balaban J connectivity index is 1.16. The summed E-state index contributed by atoms with van der Waals surface area (Å²) >= 11 is 0. The molecule has 2 atom stereocenters. The number of nitrogens with zero attached hydrogens (tertiary/aromatic N) is 4. The molecule has 8 nitrogen and oxygen atoms in total. The number of nitrogens with one attached hydrogen (secondary N) is 2. The van der Waals surface area contributed by atoms with Crippen LogP contribution in [0.3, 0.4) is 0 Å². The zero-order valence-corrected chi connectivity index (χ0v) is 21.2. The molecule has 2 N–H and O–H groups in total. The molecule has 5 rings (SSSR count). The zero-order chi connectivity index (χ0) is 25.1. The smallest absolute Gasteiger partial charge is 0.254 e. The largest absolute Gasteiger partial charge is 0.463 e. The fourth-order valence-corrected chi connectivity index (χ4v) is 5.10. The summed E-state index contributed by atoms with van der Waals surface area (Å²) in [4.78, 5) is 20.0. The number of aromatic nitrogens is 3. The van der Waals surface area contributed by atoms with Crippen molar-refractivity contribution in [1.29, 1.82) is 0 Å². The average molecular weight is 487 g/mol. The van der Waals surface area contributed by atoms with Crippen LogP contribution >= 0.6 is 0 Å². The second-order valence-corrected chi connectivity index (χ2v) is 9.70. The lowest BCUT2D eigenvalue weighted by molar-refractivity contribution is 0.0794. The maximum Gasteiger partial charge on any atom is 0.254 e. The van der Waals surface area contributed by atoms with Crippen molar-refractivity contribution in [1.82, 2.24) is 30.5 Å². The second kappa shape index (κ2) is 10.6. The first kappa shape index (κ1) is 24.2. The van der Waals surface area contributed by atoms with Crippen LogP contribution in [0.4, 0.5) is 0 Å². The lowest BCUT2D eigenvalue weighted by Gasteiger charge is -2.18. The highest BCUT2D eigenvalue weighted by Crippen LogP contribution is 2.28. The number of pyridine rings is 1. The van der Waals surface area contributed by atoms with Crippen LogP contribution in [-0.4, -0.2) is 45.2 Å². The minimum absolute atomic E-state index is 0.0151. The van der Waals surface area contributed by atoms with E-state index in [1.54, 1.807) is 10.9 Å². The molecule has 188 valence electrons. The van der Waals surface area contributed by atoms with Crippen LogP contribution < -0.4 is 10.9 Å². The third-order valence-corrected chi connectivity index (χ3v) is 7.05. The van der Waals surface area contributed by atoms with Crippen molar-refractivity contribution >= 4 is 16.9 Å². The summed E-state index contributed by atoms with van der Waals surface area (Å²) in [6.07, 6.45) is 7.02. The monoisotopic (exact) mass is 486 g/mol. The van der Waals surface area contributed by atoms with Gasteiger partial charge in [-0.1, -0.05) is 43.2 Å². The molecular formula is C28H34N6O2. The second-order valence-electron chi connectivity index (χ2n) is 9.70. The van der Waals surface area contributed by atoms with Crippen molar-refractivity contribution in [2.45, 2.75) is 51.1 Å². The highest BCUT2D eigenvalue weighted by Gasteiger charge is 2.25. The highest BCUT2D eigenvalue weighted by molar-refractivity contribution is 6.07. The number of carbonyl (C=O) groups is 1. The number of rotatable bonds is 9. The van der Waals surface area contributed by atoms with Crippen LogP contribution in [0.15, 0.2) is 59.2 Å². The van der Waals surface area contributed by atoms with Gasteiger partial charge in [0.05, 0.1) is 22.9 Å². The standard InChI is InChI=1S/C28H34N6O2/c1-19-26-22(18-24(25-14-10-16-36-25)29-27(26)34(3)32-19)28(35)33(2)15-9-5-8-13-21-17-23(31-30-21)20-11-6-4-7-12-20/h4,6-7,10-12,14,16,18,21,23,30-31H,5,8-9,13,15,17H2,1-3H3. The van der Waals surface area contributed by atoms with Gasteiger partial charge in [-0.3, -0.25) is 20.3 Å². The van der Waals surface area contributed by atoms with Gasteiger partial charge in [0.1, 0.15) is 5.69 Å². The Labute approximate surface area is 211 Å². The number of fused-ring (bicyclic) bond motifs is 1. The average Bonchev–Trinajstić information content (AvgIpc) is 3.65. The van der Waals surface area contributed by atoms with E-state index in [1.165, 1.54) is 5.56 Å². The molecule has 8 heteroatoms. The van der Waals surface area contributed by atoms with Gasteiger partial charge in [0, 0.05) is 32.7 Å². The SMILES string of the molecule is Cc1nn(C)c2nc(-c3ccco3)cc(C(=O)N(C)CCCCCC3CC(c4ccccc4)NN3)c12. The van der Waals surface area contributed by atoms with Crippen LogP contribution in [0.1, 0.15) is 59.8 Å². The zero-order valence-electron chi connectivity index (χ0n) is 21.2. The van der Waals surface area contributed by atoms with Crippen molar-refractivity contribution < 1.29 is 9.21 Å². The van der Waals surface area contributed by atoms with Crippen LogP contribution in [0, 0.1) is 6.92 Å². The molecule has 1 aliphatic heterocycles. The first-order valence-corrected chi connectivity index (χ1v) is 12.7. The Morgan fingerprint density at radius 2 is 1.97 bits per heavy atom. The third-order valence-electron chi connectivity index (χ3n) is 7.05. The molecular weight excluding hydrogens is 452 g/mol. The summed E-state index contributed by atoms with van der Waals surface area (Å²) in [6, 6.07) is 16.9. The quantitative estimate of drug-likeness (QED) is 0.331. The first-order valence-electron chi connectivity index (χ1n) is 12.7. The Hall–Kier alpha value is -3.49. The van der Waals surface area contributed by atoms with Crippen LogP contribution in [-0.2, 0) is 7.05 Å². The number of amides is 1. The lowest BCUT2D eigenvalue weighted by atomic mass is 9.99. The molecule has 3 aromatic heterocycles. The third kappa shape index (κ3) is 5.05. The molecule has 1 saturated heterocycles. The van der Waals surface area contributed by atoms with Gasteiger partial charge in [0.15, 0.2) is 11.4 Å². The minimum Gasteiger partial charge on any atom is -0.463 e. The van der Waals surface area contributed by atoms with Crippen LogP contribution in [0.25, 0.3) is 22.5 Å². The molecule has 36 heavy (non-hydrogen) atoms. The van der Waals surface area contributed by atoms with E-state index >= 15 is 0 Å². The summed E-state index contributed by atoms with van der Waals surface area (Å²) < 4.78 is 7.27. The summed E-state index contributed by atoms with van der Waals surface area (Å²) in [5, 5.41) is 5.31. The number of benzene rings is 1. The minimum atomic E-state index is -0.0151. The van der Waals surface area contributed by atoms with Gasteiger partial charge in [0.25, 0.3) is 5.91 Å². The Morgan fingerprint density at radius 3 is 2.75 bits per heavy atom. The summed E-state index contributed by atoms with van der Waals surface area (Å²) in [5.41, 5.74) is 11.0. The molecule has 4 aromatic rings. The van der Waals surface area contributed by atoms with E-state index in [4.69, 9.17) is 9.40 Å². The van der Waals surface area contributed by atoms with Crippen molar-refractivity contribution in [3.05, 3.63) is 71.6 Å². The van der Waals surface area contributed by atoms with E-state index in [-0.39, 0.29) is 5.91 Å². The number of furan rings is 1. The molecule has 1 fully saturated rings. The first-order chi connectivity index (χ1) is 17.5. The van der Waals surface area contributed by atoms with Crippen molar-refractivity contribution in [3.8, 4) is 11.5 Å². The fourth-order valence-electron chi connectivity index (χ4n) is 5.10. The molecule has 1 aromatic carbocycles. The van der Waals surface area contributed by atoms with Crippen LogP contribution in [0.5, 0.6) is 0 Å². The highest BCUT2D eigenvalue weighted by atomic mass is 16.3. The topological polar surface area (TPSA) is 88.2 Å². The van der Waals surface area contributed by atoms with E-state index in [1.807, 2.05) is 44.1 Å². The van der Waals surface area contributed by atoms with E-state index in [0.717, 1.165) is 43.2 Å². The molecule has 1 aliphatic rings. The Bertz CT molecular complexity index is 1320. The molecule has 0 radical (unpaired) electrons. The maximum atomic E-state index is 13.5. The molecule has 2 unspecified atom stereocenters. The van der Waals surface area contributed by atoms with E-state index in [2.05, 4.69) is 46.3 Å². The molecule has 0 aliphatic carbocycles. The number of hydrazine groups is 1.